The number of para-hydroxylation sites is 1. The van der Waals surface area contributed by atoms with Crippen molar-refractivity contribution < 1.29 is 9.53 Å². The van der Waals surface area contributed by atoms with Crippen LogP contribution in [0.1, 0.15) is 19.8 Å². The van der Waals surface area contributed by atoms with Gasteiger partial charge >= 0.3 is 0 Å². The summed E-state index contributed by atoms with van der Waals surface area (Å²) in [6, 6.07) is 9.54. The van der Waals surface area contributed by atoms with Gasteiger partial charge in [0, 0.05) is 18.1 Å². The van der Waals surface area contributed by atoms with Gasteiger partial charge < -0.3 is 10.1 Å². The molecule has 19 heavy (non-hydrogen) atoms. The molecule has 4 heteroatoms. The van der Waals surface area contributed by atoms with Crippen LogP contribution >= 0.6 is 0 Å². The predicted octanol–water partition coefficient (Wildman–Crippen LogP) is 2.53. The monoisotopic (exact) mass is 258 g/mol. The van der Waals surface area contributed by atoms with E-state index in [2.05, 4.69) is 17.2 Å². The molecule has 1 aromatic carbocycles. The van der Waals surface area contributed by atoms with Gasteiger partial charge in [-0.15, -0.1) is 0 Å². The van der Waals surface area contributed by atoms with Gasteiger partial charge in [0.05, 0.1) is 0 Å². The molecule has 0 aliphatic rings. The summed E-state index contributed by atoms with van der Waals surface area (Å²) in [4.78, 5) is 15.8. The molecule has 0 spiro atoms. The molecule has 0 bridgehead atoms. The quantitative estimate of drug-likeness (QED) is 0.810. The van der Waals surface area contributed by atoms with E-state index in [1.165, 1.54) is 0 Å². The molecule has 1 aromatic heterocycles. The van der Waals surface area contributed by atoms with Gasteiger partial charge in [0.15, 0.2) is 6.61 Å². The minimum Gasteiger partial charge on any atom is -0.481 e. The molecule has 0 aliphatic carbocycles. The molecule has 0 saturated heterocycles. The van der Waals surface area contributed by atoms with E-state index in [1.807, 2.05) is 30.3 Å². The van der Waals surface area contributed by atoms with E-state index in [-0.39, 0.29) is 12.5 Å². The molecule has 1 heterocycles. The first-order valence-electron chi connectivity index (χ1n) is 6.54. The molecule has 2 rings (SSSR count). The summed E-state index contributed by atoms with van der Waals surface area (Å²) in [5.74, 6) is 0.546. The van der Waals surface area contributed by atoms with E-state index in [4.69, 9.17) is 4.74 Å². The zero-order chi connectivity index (χ0) is 13.5. The van der Waals surface area contributed by atoms with Crippen molar-refractivity contribution in [3.63, 3.8) is 0 Å². The molecule has 1 amide bonds. The number of aromatic nitrogens is 1. The number of nitrogens with zero attached hydrogens (tertiary/aromatic N) is 1. The summed E-state index contributed by atoms with van der Waals surface area (Å²) in [7, 11) is 0. The summed E-state index contributed by atoms with van der Waals surface area (Å²) in [6.45, 7) is 2.82. The second-order valence-corrected chi connectivity index (χ2v) is 4.32. The fourth-order valence-electron chi connectivity index (χ4n) is 1.79. The third-order valence-corrected chi connectivity index (χ3v) is 2.81. The summed E-state index contributed by atoms with van der Waals surface area (Å²) < 4.78 is 5.54. The minimum atomic E-state index is -0.0959. The van der Waals surface area contributed by atoms with Crippen molar-refractivity contribution in [3.8, 4) is 5.75 Å². The van der Waals surface area contributed by atoms with Crippen LogP contribution in [-0.4, -0.2) is 24.0 Å². The summed E-state index contributed by atoms with van der Waals surface area (Å²) >= 11 is 0. The number of rotatable bonds is 6. The van der Waals surface area contributed by atoms with Gasteiger partial charge in [-0.05, 0) is 18.6 Å². The van der Waals surface area contributed by atoms with Crippen molar-refractivity contribution in [2.75, 3.05) is 13.2 Å². The summed E-state index contributed by atoms with van der Waals surface area (Å²) in [5.41, 5.74) is 0.784. The lowest BCUT2D eigenvalue weighted by Crippen LogP contribution is -2.29. The first-order valence-corrected chi connectivity index (χ1v) is 6.54. The number of nitrogens with one attached hydrogen (secondary N) is 1. The van der Waals surface area contributed by atoms with Gasteiger partial charge in [0.1, 0.15) is 11.3 Å². The van der Waals surface area contributed by atoms with Crippen LogP contribution in [0.2, 0.25) is 0 Å². The van der Waals surface area contributed by atoms with Crippen LogP contribution in [0.25, 0.3) is 10.9 Å². The normalized spacial score (nSPS) is 10.4. The summed E-state index contributed by atoms with van der Waals surface area (Å²) in [6.07, 6.45) is 3.77. The third-order valence-electron chi connectivity index (χ3n) is 2.81. The number of pyridine rings is 1. The highest BCUT2D eigenvalue weighted by molar-refractivity contribution is 5.85. The molecule has 0 fully saturated rings. The molecular weight excluding hydrogens is 240 g/mol. The maximum Gasteiger partial charge on any atom is 0.257 e. The molecule has 100 valence electrons. The van der Waals surface area contributed by atoms with Crippen molar-refractivity contribution >= 4 is 16.8 Å². The Balaban J connectivity index is 1.96. The number of amides is 1. The molecular formula is C15H18N2O2. The Morgan fingerprint density at radius 1 is 1.32 bits per heavy atom. The maximum atomic E-state index is 11.6. The van der Waals surface area contributed by atoms with Gasteiger partial charge in [0.25, 0.3) is 5.91 Å². The van der Waals surface area contributed by atoms with Crippen molar-refractivity contribution in [2.24, 2.45) is 0 Å². The van der Waals surface area contributed by atoms with Crippen molar-refractivity contribution in [1.82, 2.24) is 10.3 Å². The number of hydrogen-bond donors (Lipinski definition) is 1. The van der Waals surface area contributed by atoms with E-state index >= 15 is 0 Å². The fourth-order valence-corrected chi connectivity index (χ4v) is 1.79. The lowest BCUT2D eigenvalue weighted by molar-refractivity contribution is -0.123. The van der Waals surface area contributed by atoms with Gasteiger partial charge in [0.2, 0.25) is 0 Å². The van der Waals surface area contributed by atoms with Crippen molar-refractivity contribution in [1.29, 1.82) is 0 Å². The van der Waals surface area contributed by atoms with Crippen LogP contribution in [0.4, 0.5) is 0 Å². The number of fused-ring (bicyclic) bond motifs is 1. The molecule has 1 N–H and O–H groups in total. The first-order chi connectivity index (χ1) is 9.31. The molecule has 2 aromatic rings. The van der Waals surface area contributed by atoms with E-state index in [1.54, 1.807) is 6.20 Å². The Morgan fingerprint density at radius 2 is 2.16 bits per heavy atom. The number of unbranched alkanes of at least 4 members (excludes halogenated alkanes) is 1. The van der Waals surface area contributed by atoms with Gasteiger partial charge in [-0.25, -0.2) is 0 Å². The second kappa shape index (κ2) is 6.73. The van der Waals surface area contributed by atoms with Crippen LogP contribution in [0.3, 0.4) is 0 Å². The van der Waals surface area contributed by atoms with Crippen molar-refractivity contribution in [3.05, 3.63) is 36.5 Å². The maximum absolute atomic E-state index is 11.6. The minimum absolute atomic E-state index is 0.0272. The number of benzene rings is 1. The number of carbonyl (C=O) groups is 1. The molecule has 0 unspecified atom stereocenters. The number of ether oxygens (including phenoxy) is 1. The smallest absolute Gasteiger partial charge is 0.257 e. The average Bonchev–Trinajstić information content (AvgIpc) is 2.45. The van der Waals surface area contributed by atoms with E-state index in [0.29, 0.717) is 12.3 Å². The highest BCUT2D eigenvalue weighted by Gasteiger charge is 2.05. The zero-order valence-corrected chi connectivity index (χ0v) is 11.1. The van der Waals surface area contributed by atoms with E-state index < -0.39 is 0 Å². The first kappa shape index (κ1) is 13.3. The van der Waals surface area contributed by atoms with Crippen LogP contribution in [0.5, 0.6) is 5.75 Å². The molecule has 0 aliphatic heterocycles. The van der Waals surface area contributed by atoms with E-state index in [0.717, 1.165) is 23.7 Å². The Kier molecular flexibility index (Phi) is 4.72. The molecule has 0 saturated carbocycles. The Labute approximate surface area is 112 Å². The average molecular weight is 258 g/mol. The predicted molar refractivity (Wildman–Crippen MR) is 75.2 cm³/mol. The Hall–Kier alpha value is -2.10. The van der Waals surface area contributed by atoms with Crippen LogP contribution in [-0.2, 0) is 4.79 Å². The standard InChI is InChI=1S/C15H18N2O2/c1-2-3-9-16-14(18)11-19-13-8-4-6-12-7-5-10-17-15(12)13/h4-8,10H,2-3,9,11H2,1H3,(H,16,18). The van der Waals surface area contributed by atoms with Crippen LogP contribution in [0, 0.1) is 0 Å². The summed E-state index contributed by atoms with van der Waals surface area (Å²) in [5, 5.41) is 3.82. The molecule has 0 atom stereocenters. The molecule has 0 radical (unpaired) electrons. The highest BCUT2D eigenvalue weighted by atomic mass is 16.5. The van der Waals surface area contributed by atoms with Gasteiger partial charge in [-0.3, -0.25) is 9.78 Å². The third kappa shape index (κ3) is 3.68. The second-order valence-electron chi connectivity index (χ2n) is 4.32. The highest BCUT2D eigenvalue weighted by Crippen LogP contribution is 2.22. The molecule has 4 nitrogen and oxygen atoms in total. The lowest BCUT2D eigenvalue weighted by atomic mass is 10.2. The Bertz CT molecular complexity index is 549. The van der Waals surface area contributed by atoms with E-state index in [9.17, 15) is 4.79 Å². The number of hydrogen-bond acceptors (Lipinski definition) is 3. The SMILES string of the molecule is CCCCNC(=O)COc1cccc2cccnc12. The van der Waals surface area contributed by atoms with Crippen LogP contribution < -0.4 is 10.1 Å². The van der Waals surface area contributed by atoms with Gasteiger partial charge in [-0.1, -0.05) is 31.5 Å². The topological polar surface area (TPSA) is 51.2 Å². The van der Waals surface area contributed by atoms with Crippen LogP contribution in [0.15, 0.2) is 36.5 Å². The Morgan fingerprint density at radius 3 is 3.00 bits per heavy atom. The zero-order valence-electron chi connectivity index (χ0n) is 11.1. The van der Waals surface area contributed by atoms with Gasteiger partial charge in [-0.2, -0.15) is 0 Å². The fraction of sp³-hybridized carbons (Fsp3) is 0.333. The lowest BCUT2D eigenvalue weighted by Gasteiger charge is -2.08. The van der Waals surface area contributed by atoms with Crippen molar-refractivity contribution in [2.45, 2.75) is 19.8 Å². The number of carbonyl (C=O) groups excluding carboxylic acids is 1. The largest absolute Gasteiger partial charge is 0.481 e.